The Morgan fingerprint density at radius 2 is 1.47 bits per heavy atom. The van der Waals surface area contributed by atoms with E-state index < -0.39 is 11.1 Å². The van der Waals surface area contributed by atoms with Crippen LogP contribution in [0.2, 0.25) is 0 Å². The Kier molecular flexibility index (Phi) is 4.73. The van der Waals surface area contributed by atoms with Gasteiger partial charge in [-0.2, -0.15) is 19.3 Å². The number of imidazole rings is 1. The van der Waals surface area contributed by atoms with Crippen molar-refractivity contribution in [2.45, 2.75) is 0 Å². The van der Waals surface area contributed by atoms with Gasteiger partial charge in [-0.05, 0) is 48.0 Å². The Morgan fingerprint density at radius 3 is 2.16 bits per heavy atom. The number of hydrogen-bond donors (Lipinski definition) is 0. The van der Waals surface area contributed by atoms with E-state index in [2.05, 4.69) is 10.1 Å². The maximum absolute atomic E-state index is 13.8. The number of ether oxygens (including phenoxy) is 1. The minimum Gasteiger partial charge on any atom is -0.497 e. The highest BCUT2D eigenvalue weighted by Crippen LogP contribution is 2.21. The Labute approximate surface area is 214 Å². The van der Waals surface area contributed by atoms with Gasteiger partial charge >= 0.3 is 0 Å². The van der Waals surface area contributed by atoms with E-state index in [0.717, 1.165) is 11.3 Å². The van der Waals surface area contributed by atoms with Crippen molar-refractivity contribution >= 4 is 22.9 Å². The van der Waals surface area contributed by atoms with Gasteiger partial charge in [0.25, 0.3) is 11.1 Å². The zero-order valence-corrected chi connectivity index (χ0v) is 20.1. The molecule has 0 N–H and O–H groups in total. The van der Waals surface area contributed by atoms with Crippen LogP contribution in [0.5, 0.6) is 5.75 Å². The van der Waals surface area contributed by atoms with Gasteiger partial charge in [0.05, 0.1) is 24.7 Å². The van der Waals surface area contributed by atoms with E-state index >= 15 is 0 Å². The van der Waals surface area contributed by atoms with Crippen LogP contribution in [0.25, 0.3) is 40.2 Å². The SMILES string of the molecule is COc1ccc(/C=c2\nc3n(-c4ccccc4)c4nc5c(cnn5-c5ccccc5)c(=O)n4n-3c2=O)cc1. The zero-order chi connectivity index (χ0) is 25.8. The summed E-state index contributed by atoms with van der Waals surface area (Å²) >= 11 is 0. The van der Waals surface area contributed by atoms with Crippen LogP contribution in [-0.4, -0.2) is 40.6 Å². The summed E-state index contributed by atoms with van der Waals surface area (Å²) in [6.07, 6.45) is 3.15. The number of rotatable bonds is 4. The van der Waals surface area contributed by atoms with Crippen molar-refractivity contribution in [1.29, 1.82) is 0 Å². The monoisotopic (exact) mass is 501 g/mol. The molecule has 0 unspecified atom stereocenters. The standard InChI is InChI=1S/C28H19N7O3/c1-38-21-14-12-18(13-15-21)16-23-26(37)35-27(30-23)32(19-8-4-2-5-9-19)28-31-24-22(25(36)34(28)35)17-29-33(24)20-10-6-3-7-11-20/h2-17H,1H3/b23-16-. The van der Waals surface area contributed by atoms with E-state index in [4.69, 9.17) is 9.72 Å². The molecule has 10 heteroatoms. The Hall–Kier alpha value is -5.51. The Bertz CT molecular complexity index is 2090. The number of benzene rings is 3. The topological polar surface area (TPSA) is 101 Å². The maximum atomic E-state index is 13.8. The number of para-hydroxylation sites is 2. The van der Waals surface area contributed by atoms with Crippen LogP contribution in [0.1, 0.15) is 5.56 Å². The molecule has 0 bridgehead atoms. The van der Waals surface area contributed by atoms with Gasteiger partial charge in [-0.1, -0.05) is 48.5 Å². The van der Waals surface area contributed by atoms with E-state index in [1.165, 1.54) is 15.4 Å². The maximum Gasteiger partial charge on any atom is 0.299 e. The minimum atomic E-state index is -0.436. The van der Waals surface area contributed by atoms with E-state index in [9.17, 15) is 9.59 Å². The molecule has 10 nitrogen and oxygen atoms in total. The molecule has 38 heavy (non-hydrogen) atoms. The first-order chi connectivity index (χ1) is 18.6. The number of hydrogen-bond acceptors (Lipinski definition) is 6. The zero-order valence-electron chi connectivity index (χ0n) is 20.1. The molecule has 4 heterocycles. The van der Waals surface area contributed by atoms with Crippen LogP contribution < -0.4 is 21.2 Å². The smallest absolute Gasteiger partial charge is 0.299 e. The van der Waals surface area contributed by atoms with Crippen molar-refractivity contribution in [1.82, 2.24) is 33.5 Å². The molecule has 2 aromatic heterocycles. The van der Waals surface area contributed by atoms with Crippen molar-refractivity contribution in [2.24, 2.45) is 0 Å². The third-order valence-corrected chi connectivity index (χ3v) is 6.42. The number of nitrogens with zero attached hydrogens (tertiary/aromatic N) is 7. The lowest BCUT2D eigenvalue weighted by molar-refractivity contribution is 0.415. The van der Waals surface area contributed by atoms with Crippen LogP contribution in [0.3, 0.4) is 0 Å². The molecule has 3 aromatic carbocycles. The van der Waals surface area contributed by atoms with Crippen molar-refractivity contribution in [3.05, 3.63) is 123 Å². The third kappa shape index (κ3) is 3.17. The molecule has 2 aliphatic rings. The summed E-state index contributed by atoms with van der Waals surface area (Å²) in [5, 5.41) is 4.90. The molecule has 0 spiro atoms. The van der Waals surface area contributed by atoms with E-state index in [1.54, 1.807) is 34.6 Å². The van der Waals surface area contributed by atoms with Gasteiger partial charge in [0.1, 0.15) is 16.5 Å². The van der Waals surface area contributed by atoms with Crippen LogP contribution in [0.15, 0.2) is 101 Å². The van der Waals surface area contributed by atoms with Crippen molar-refractivity contribution in [2.75, 3.05) is 7.11 Å². The van der Waals surface area contributed by atoms with E-state index in [-0.39, 0.29) is 22.5 Å². The highest BCUT2D eigenvalue weighted by molar-refractivity contribution is 5.77. The molecule has 0 radical (unpaired) electrons. The average Bonchev–Trinajstić information content (AvgIpc) is 3.62. The van der Waals surface area contributed by atoms with E-state index in [1.807, 2.05) is 72.8 Å². The normalized spacial score (nSPS) is 12.2. The van der Waals surface area contributed by atoms with Crippen molar-refractivity contribution < 1.29 is 4.74 Å². The van der Waals surface area contributed by atoms with Gasteiger partial charge in [-0.25, -0.2) is 14.2 Å². The molecule has 5 aromatic rings. The fraction of sp³-hybridized carbons (Fsp3) is 0.0357. The molecule has 184 valence electrons. The van der Waals surface area contributed by atoms with Crippen LogP contribution in [-0.2, 0) is 0 Å². The summed E-state index contributed by atoms with van der Waals surface area (Å²) in [4.78, 5) is 37.0. The third-order valence-electron chi connectivity index (χ3n) is 6.42. The molecule has 0 amide bonds. The minimum absolute atomic E-state index is 0.198. The molecule has 2 aliphatic heterocycles. The van der Waals surface area contributed by atoms with Crippen LogP contribution >= 0.6 is 0 Å². The van der Waals surface area contributed by atoms with Gasteiger partial charge in [0.15, 0.2) is 5.65 Å². The summed E-state index contributed by atoms with van der Waals surface area (Å²) in [6, 6.07) is 26.1. The second kappa shape index (κ2) is 8.27. The number of fused-ring (bicyclic) bond motifs is 4. The molecule has 0 saturated carbocycles. The Morgan fingerprint density at radius 1 is 0.789 bits per heavy atom. The number of methoxy groups -OCH3 is 1. The van der Waals surface area contributed by atoms with Crippen LogP contribution in [0.4, 0.5) is 0 Å². The van der Waals surface area contributed by atoms with Gasteiger partial charge < -0.3 is 4.74 Å². The molecule has 0 atom stereocenters. The lowest BCUT2D eigenvalue weighted by Crippen LogP contribution is -2.32. The quantitative estimate of drug-likeness (QED) is 0.367. The first-order valence-corrected chi connectivity index (χ1v) is 11.8. The summed E-state index contributed by atoms with van der Waals surface area (Å²) < 4.78 is 11.1. The highest BCUT2D eigenvalue weighted by Gasteiger charge is 2.27. The first-order valence-electron chi connectivity index (χ1n) is 11.8. The molecule has 0 fully saturated rings. The lowest BCUT2D eigenvalue weighted by Gasteiger charge is -2.05. The van der Waals surface area contributed by atoms with Crippen LogP contribution in [0, 0.1) is 0 Å². The Balaban J connectivity index is 1.58. The fourth-order valence-electron chi connectivity index (χ4n) is 4.61. The van der Waals surface area contributed by atoms with Gasteiger partial charge in [0.2, 0.25) is 11.7 Å². The van der Waals surface area contributed by atoms with E-state index in [0.29, 0.717) is 17.1 Å². The molecule has 0 saturated heterocycles. The lowest BCUT2D eigenvalue weighted by atomic mass is 10.2. The predicted octanol–water partition coefficient (Wildman–Crippen LogP) is 2.36. The second-order valence-electron chi connectivity index (χ2n) is 8.66. The summed E-state index contributed by atoms with van der Waals surface area (Å²) in [7, 11) is 1.59. The van der Waals surface area contributed by atoms with Gasteiger partial charge in [-0.15, -0.1) is 0 Å². The average molecular weight is 502 g/mol. The molecule has 0 aliphatic carbocycles. The highest BCUT2D eigenvalue weighted by atomic mass is 16.5. The fourth-order valence-corrected chi connectivity index (χ4v) is 4.61. The molecular formula is C28H19N7O3. The first kappa shape index (κ1) is 21.7. The summed E-state index contributed by atoms with van der Waals surface area (Å²) in [5.74, 6) is 1.23. The van der Waals surface area contributed by atoms with Gasteiger partial charge in [0, 0.05) is 0 Å². The predicted molar refractivity (Wildman–Crippen MR) is 142 cm³/mol. The summed E-state index contributed by atoms with van der Waals surface area (Å²) in [6.45, 7) is 0. The van der Waals surface area contributed by atoms with Crippen molar-refractivity contribution in [3.63, 3.8) is 0 Å². The summed E-state index contributed by atoms with van der Waals surface area (Å²) in [5.41, 5.74) is 1.78. The largest absolute Gasteiger partial charge is 0.497 e. The molecular weight excluding hydrogens is 482 g/mol. The number of aromatic nitrogens is 7. The second-order valence-corrected chi connectivity index (χ2v) is 8.66. The van der Waals surface area contributed by atoms with Gasteiger partial charge in [-0.3, -0.25) is 9.59 Å². The van der Waals surface area contributed by atoms with Crippen molar-refractivity contribution in [3.8, 4) is 23.1 Å². The molecule has 7 rings (SSSR count).